The van der Waals surface area contributed by atoms with Crippen LogP contribution in [0.3, 0.4) is 0 Å². The molecule has 0 spiro atoms. The van der Waals surface area contributed by atoms with Crippen molar-refractivity contribution in [1.82, 2.24) is 10.6 Å². The number of ether oxygens (including phenoxy) is 2. The van der Waals surface area contributed by atoms with Gasteiger partial charge in [-0.3, -0.25) is 9.59 Å². The lowest BCUT2D eigenvalue weighted by Gasteiger charge is -2.26. The third-order valence-corrected chi connectivity index (χ3v) is 3.78. The molecule has 0 saturated carbocycles. The lowest BCUT2D eigenvalue weighted by atomic mass is 10.1. The Bertz CT molecular complexity index is 776. The molecule has 1 aliphatic heterocycles. The van der Waals surface area contributed by atoms with Crippen LogP contribution in [0.5, 0.6) is 11.5 Å². The topological polar surface area (TPSA) is 76.7 Å². The summed E-state index contributed by atoms with van der Waals surface area (Å²) >= 11 is 0. The molecule has 0 unspecified atom stereocenters. The van der Waals surface area contributed by atoms with Crippen LogP contribution < -0.4 is 20.1 Å². The molecule has 2 aromatic carbocycles. The lowest BCUT2D eigenvalue weighted by Crippen LogP contribution is -2.44. The molecule has 0 bridgehead atoms. The van der Waals surface area contributed by atoms with Gasteiger partial charge in [0.1, 0.15) is 12.7 Å². The fourth-order valence-corrected chi connectivity index (χ4v) is 2.50. The van der Waals surface area contributed by atoms with E-state index in [-0.39, 0.29) is 24.5 Å². The summed E-state index contributed by atoms with van der Waals surface area (Å²) in [6, 6.07) is 14.6. The quantitative estimate of drug-likeness (QED) is 0.868. The largest absolute Gasteiger partial charge is 0.486 e. The fraction of sp³-hybridized carbons (Fsp3) is 0.263. The van der Waals surface area contributed by atoms with Crippen LogP contribution in [0.1, 0.15) is 15.9 Å². The van der Waals surface area contributed by atoms with Crippen molar-refractivity contribution in [3.63, 3.8) is 0 Å². The van der Waals surface area contributed by atoms with Gasteiger partial charge in [-0.05, 0) is 31.2 Å². The molecule has 0 aliphatic carbocycles. The lowest BCUT2D eigenvalue weighted by molar-refractivity contribution is -0.120. The Labute approximate surface area is 146 Å². The van der Waals surface area contributed by atoms with Crippen molar-refractivity contribution < 1.29 is 19.1 Å². The van der Waals surface area contributed by atoms with E-state index in [0.717, 1.165) is 5.56 Å². The van der Waals surface area contributed by atoms with Crippen LogP contribution in [0.4, 0.5) is 0 Å². The first-order valence-corrected chi connectivity index (χ1v) is 8.12. The summed E-state index contributed by atoms with van der Waals surface area (Å²) in [6.45, 7) is 2.51. The summed E-state index contributed by atoms with van der Waals surface area (Å²) < 4.78 is 11.4. The fourth-order valence-electron chi connectivity index (χ4n) is 2.50. The third kappa shape index (κ3) is 4.50. The zero-order valence-electron chi connectivity index (χ0n) is 14.0. The molecule has 2 amide bonds. The molecule has 3 rings (SSSR count). The van der Waals surface area contributed by atoms with E-state index in [2.05, 4.69) is 10.6 Å². The average molecular weight is 340 g/mol. The van der Waals surface area contributed by atoms with E-state index in [1.807, 2.05) is 43.3 Å². The van der Waals surface area contributed by atoms with E-state index in [4.69, 9.17) is 9.47 Å². The number of amides is 2. The van der Waals surface area contributed by atoms with Crippen LogP contribution >= 0.6 is 0 Å². The summed E-state index contributed by atoms with van der Waals surface area (Å²) in [5.74, 6) is 0.824. The number of nitrogens with one attached hydrogen (secondary N) is 2. The molecule has 0 radical (unpaired) electrons. The van der Waals surface area contributed by atoms with Gasteiger partial charge in [0.2, 0.25) is 5.91 Å². The van der Waals surface area contributed by atoms with E-state index in [9.17, 15) is 9.59 Å². The van der Waals surface area contributed by atoms with Crippen molar-refractivity contribution in [3.05, 3.63) is 59.7 Å². The monoisotopic (exact) mass is 340 g/mol. The molecule has 25 heavy (non-hydrogen) atoms. The number of aryl methyl sites for hydroxylation is 1. The minimum atomic E-state index is -0.275. The summed E-state index contributed by atoms with van der Waals surface area (Å²) in [6.07, 6.45) is -0.258. The molecular weight excluding hydrogens is 320 g/mol. The van der Waals surface area contributed by atoms with Gasteiger partial charge in [-0.1, -0.05) is 29.8 Å². The average Bonchev–Trinajstić information content (AvgIpc) is 2.64. The number of para-hydroxylation sites is 2. The van der Waals surface area contributed by atoms with Gasteiger partial charge in [-0.2, -0.15) is 0 Å². The van der Waals surface area contributed by atoms with Gasteiger partial charge in [-0.25, -0.2) is 0 Å². The zero-order chi connectivity index (χ0) is 17.6. The molecule has 6 nitrogen and oxygen atoms in total. The molecule has 1 aliphatic rings. The Hall–Kier alpha value is -3.02. The molecular formula is C19H20N2O4. The van der Waals surface area contributed by atoms with Crippen molar-refractivity contribution in [2.45, 2.75) is 13.0 Å². The van der Waals surface area contributed by atoms with Crippen molar-refractivity contribution in [3.8, 4) is 11.5 Å². The molecule has 6 heteroatoms. The predicted octanol–water partition coefficient (Wildman–Crippen LogP) is 1.68. The Balaban J connectivity index is 1.42. The van der Waals surface area contributed by atoms with Crippen LogP contribution in [0, 0.1) is 6.92 Å². The van der Waals surface area contributed by atoms with Gasteiger partial charge >= 0.3 is 0 Å². The van der Waals surface area contributed by atoms with Gasteiger partial charge in [0, 0.05) is 5.56 Å². The normalized spacial score (nSPS) is 15.3. The Morgan fingerprint density at radius 3 is 2.68 bits per heavy atom. The molecule has 1 atom stereocenters. The first-order valence-electron chi connectivity index (χ1n) is 8.12. The number of rotatable bonds is 5. The van der Waals surface area contributed by atoms with Crippen molar-refractivity contribution >= 4 is 11.8 Å². The van der Waals surface area contributed by atoms with Gasteiger partial charge in [0.15, 0.2) is 11.5 Å². The number of hydrogen-bond donors (Lipinski definition) is 2. The van der Waals surface area contributed by atoms with Gasteiger partial charge in [0.05, 0.1) is 13.1 Å². The minimum Gasteiger partial charge on any atom is -0.486 e. The molecule has 0 fully saturated rings. The molecule has 2 aromatic rings. The second-order valence-corrected chi connectivity index (χ2v) is 5.85. The number of fused-ring (bicyclic) bond motifs is 1. The van der Waals surface area contributed by atoms with E-state index in [1.165, 1.54) is 0 Å². The molecule has 0 aromatic heterocycles. The number of benzene rings is 2. The zero-order valence-corrected chi connectivity index (χ0v) is 14.0. The number of hydrogen-bond acceptors (Lipinski definition) is 4. The van der Waals surface area contributed by atoms with E-state index >= 15 is 0 Å². The summed E-state index contributed by atoms with van der Waals surface area (Å²) in [7, 11) is 0. The van der Waals surface area contributed by atoms with Crippen molar-refractivity contribution in [1.29, 1.82) is 0 Å². The van der Waals surface area contributed by atoms with E-state index in [0.29, 0.717) is 30.2 Å². The van der Waals surface area contributed by atoms with Crippen LogP contribution in [0.25, 0.3) is 0 Å². The maximum Gasteiger partial charge on any atom is 0.251 e. The maximum atomic E-state index is 12.0. The standard InChI is InChI=1S/C19H20N2O4/c1-13-5-4-6-14(9-13)19(23)21-11-18(22)20-10-15-12-24-16-7-2-3-8-17(16)25-15/h2-9,15H,10-12H2,1H3,(H,20,22)(H,21,23)/t15-/m0/s1. The van der Waals surface area contributed by atoms with Crippen molar-refractivity contribution in [2.75, 3.05) is 19.7 Å². The highest BCUT2D eigenvalue weighted by Crippen LogP contribution is 2.30. The second-order valence-electron chi connectivity index (χ2n) is 5.85. The van der Waals surface area contributed by atoms with Gasteiger partial charge < -0.3 is 20.1 Å². The molecule has 1 heterocycles. The van der Waals surface area contributed by atoms with Gasteiger partial charge in [-0.15, -0.1) is 0 Å². The summed E-state index contributed by atoms with van der Waals surface area (Å²) in [4.78, 5) is 23.9. The summed E-state index contributed by atoms with van der Waals surface area (Å²) in [5.41, 5.74) is 1.53. The van der Waals surface area contributed by atoms with Crippen LogP contribution in [0.15, 0.2) is 48.5 Å². The van der Waals surface area contributed by atoms with Crippen LogP contribution in [-0.2, 0) is 4.79 Å². The van der Waals surface area contributed by atoms with Crippen LogP contribution in [0.2, 0.25) is 0 Å². The Kier molecular flexibility index (Phi) is 5.18. The minimum absolute atomic E-state index is 0.0864. The van der Waals surface area contributed by atoms with Crippen molar-refractivity contribution in [2.24, 2.45) is 0 Å². The maximum absolute atomic E-state index is 12.0. The first-order chi connectivity index (χ1) is 12.1. The predicted molar refractivity (Wildman–Crippen MR) is 92.9 cm³/mol. The smallest absolute Gasteiger partial charge is 0.251 e. The molecule has 130 valence electrons. The van der Waals surface area contributed by atoms with Gasteiger partial charge in [0.25, 0.3) is 5.91 Å². The number of carbonyl (C=O) groups excluding carboxylic acids is 2. The highest BCUT2D eigenvalue weighted by atomic mass is 16.6. The first kappa shape index (κ1) is 16.8. The highest BCUT2D eigenvalue weighted by Gasteiger charge is 2.21. The molecule has 2 N–H and O–H groups in total. The highest BCUT2D eigenvalue weighted by molar-refractivity contribution is 5.96. The molecule has 0 saturated heterocycles. The Morgan fingerprint density at radius 2 is 1.88 bits per heavy atom. The summed E-state index contributed by atoms with van der Waals surface area (Å²) in [5, 5.41) is 5.35. The second kappa shape index (κ2) is 7.70. The third-order valence-electron chi connectivity index (χ3n) is 3.78. The Morgan fingerprint density at radius 1 is 1.08 bits per heavy atom. The van der Waals surface area contributed by atoms with E-state index < -0.39 is 0 Å². The van der Waals surface area contributed by atoms with E-state index in [1.54, 1.807) is 12.1 Å². The SMILES string of the molecule is Cc1cccc(C(=O)NCC(=O)NC[C@H]2COc3ccccc3O2)c1. The van der Waals surface area contributed by atoms with Crippen LogP contribution in [-0.4, -0.2) is 37.6 Å². The number of carbonyl (C=O) groups is 2.